The minimum absolute atomic E-state index is 0.0187. The third-order valence-corrected chi connectivity index (χ3v) is 4.31. The Balaban J connectivity index is 2.55. The molecule has 138 valence electrons. The van der Waals surface area contributed by atoms with Crippen molar-refractivity contribution in [3.63, 3.8) is 0 Å². The van der Waals surface area contributed by atoms with E-state index in [4.69, 9.17) is 21.3 Å². The standard InChI is InChI=1S/C19H28ClN3O2/c1-19(2,3)12-23-17(8-6-7-9-21-4)22-15-11-16(25-5)14(20)10-13(15)18(23)24/h10-11,21H,6-9,12H2,1-5H3. The largest absolute Gasteiger partial charge is 0.495 e. The Labute approximate surface area is 154 Å². The third-order valence-electron chi connectivity index (χ3n) is 4.02. The van der Waals surface area contributed by atoms with Gasteiger partial charge >= 0.3 is 0 Å². The lowest BCUT2D eigenvalue weighted by Crippen LogP contribution is -2.31. The van der Waals surface area contributed by atoms with E-state index in [-0.39, 0.29) is 11.0 Å². The Bertz CT molecular complexity index is 794. The molecule has 0 saturated heterocycles. The molecule has 0 spiro atoms. The molecule has 2 aromatic rings. The van der Waals surface area contributed by atoms with E-state index < -0.39 is 0 Å². The quantitative estimate of drug-likeness (QED) is 0.761. The van der Waals surface area contributed by atoms with Crippen LogP contribution < -0.4 is 15.6 Å². The second kappa shape index (κ2) is 8.19. The lowest BCUT2D eigenvalue weighted by atomic mass is 9.96. The maximum Gasteiger partial charge on any atom is 0.261 e. The number of halogens is 1. The second-order valence-corrected chi connectivity index (χ2v) is 7.95. The summed E-state index contributed by atoms with van der Waals surface area (Å²) in [6.45, 7) is 7.94. The molecule has 1 aromatic carbocycles. The molecule has 25 heavy (non-hydrogen) atoms. The van der Waals surface area contributed by atoms with Crippen molar-refractivity contribution in [3.05, 3.63) is 33.3 Å². The Hall–Kier alpha value is -1.59. The first-order valence-electron chi connectivity index (χ1n) is 8.68. The number of rotatable bonds is 7. The highest BCUT2D eigenvalue weighted by molar-refractivity contribution is 6.32. The molecule has 0 atom stereocenters. The summed E-state index contributed by atoms with van der Waals surface area (Å²) in [6.07, 6.45) is 2.80. The molecule has 0 saturated carbocycles. The molecule has 5 nitrogen and oxygen atoms in total. The molecule has 0 amide bonds. The van der Waals surface area contributed by atoms with Gasteiger partial charge in [-0.15, -0.1) is 0 Å². The van der Waals surface area contributed by atoms with E-state index in [0.717, 1.165) is 31.6 Å². The first-order chi connectivity index (χ1) is 11.8. The number of aryl methyl sites for hydroxylation is 1. The molecular weight excluding hydrogens is 338 g/mol. The lowest BCUT2D eigenvalue weighted by Gasteiger charge is -2.22. The van der Waals surface area contributed by atoms with Gasteiger partial charge < -0.3 is 10.1 Å². The van der Waals surface area contributed by atoms with Gasteiger partial charge in [0.1, 0.15) is 11.6 Å². The molecule has 1 heterocycles. The monoisotopic (exact) mass is 365 g/mol. The molecule has 6 heteroatoms. The number of benzene rings is 1. The van der Waals surface area contributed by atoms with Gasteiger partial charge in [0.2, 0.25) is 0 Å². The fraction of sp³-hybridized carbons (Fsp3) is 0.579. The first-order valence-corrected chi connectivity index (χ1v) is 9.06. The first kappa shape index (κ1) is 19.7. The number of hydrogen-bond acceptors (Lipinski definition) is 4. The van der Waals surface area contributed by atoms with E-state index in [1.165, 1.54) is 0 Å². The summed E-state index contributed by atoms with van der Waals surface area (Å²) in [6, 6.07) is 3.41. The molecule has 0 aliphatic heterocycles. The van der Waals surface area contributed by atoms with Crippen LogP contribution in [0.3, 0.4) is 0 Å². The average Bonchev–Trinajstić information content (AvgIpc) is 2.54. The number of aromatic nitrogens is 2. The van der Waals surface area contributed by atoms with Gasteiger partial charge in [-0.1, -0.05) is 32.4 Å². The van der Waals surface area contributed by atoms with Crippen molar-refractivity contribution < 1.29 is 4.74 Å². The van der Waals surface area contributed by atoms with Crippen LogP contribution in [-0.2, 0) is 13.0 Å². The van der Waals surface area contributed by atoms with Crippen LogP contribution >= 0.6 is 11.6 Å². The topological polar surface area (TPSA) is 56.2 Å². The van der Waals surface area contributed by atoms with E-state index in [2.05, 4.69) is 26.1 Å². The highest BCUT2D eigenvalue weighted by atomic mass is 35.5. The van der Waals surface area contributed by atoms with Crippen LogP contribution in [-0.4, -0.2) is 30.3 Å². The Morgan fingerprint density at radius 2 is 2.00 bits per heavy atom. The van der Waals surface area contributed by atoms with Crippen molar-refractivity contribution >= 4 is 22.5 Å². The summed E-state index contributed by atoms with van der Waals surface area (Å²) in [5.74, 6) is 1.36. The van der Waals surface area contributed by atoms with Gasteiger partial charge in [0.05, 0.1) is 23.0 Å². The zero-order valence-corrected chi connectivity index (χ0v) is 16.5. The third kappa shape index (κ3) is 4.95. The summed E-state index contributed by atoms with van der Waals surface area (Å²) >= 11 is 6.21. The normalized spacial score (nSPS) is 11.9. The van der Waals surface area contributed by atoms with Crippen LogP contribution in [0.25, 0.3) is 10.9 Å². The maximum absolute atomic E-state index is 13.1. The van der Waals surface area contributed by atoms with Crippen LogP contribution in [0.5, 0.6) is 5.75 Å². The molecule has 0 bridgehead atoms. The second-order valence-electron chi connectivity index (χ2n) is 7.54. The van der Waals surface area contributed by atoms with Crippen molar-refractivity contribution in [1.29, 1.82) is 0 Å². The predicted molar refractivity (Wildman–Crippen MR) is 104 cm³/mol. The number of unbranched alkanes of at least 4 members (excludes halogenated alkanes) is 1. The van der Waals surface area contributed by atoms with E-state index >= 15 is 0 Å². The zero-order chi connectivity index (χ0) is 18.6. The highest BCUT2D eigenvalue weighted by Crippen LogP contribution is 2.28. The molecule has 0 radical (unpaired) electrons. The number of hydrogen-bond donors (Lipinski definition) is 1. The van der Waals surface area contributed by atoms with Crippen molar-refractivity contribution in [3.8, 4) is 5.75 Å². The molecule has 0 fully saturated rings. The Morgan fingerprint density at radius 3 is 2.60 bits per heavy atom. The minimum Gasteiger partial charge on any atom is -0.495 e. The van der Waals surface area contributed by atoms with Crippen LogP contribution in [0.1, 0.15) is 39.4 Å². The molecule has 1 aromatic heterocycles. The summed E-state index contributed by atoms with van der Waals surface area (Å²) in [5.41, 5.74) is 0.586. The van der Waals surface area contributed by atoms with Crippen LogP contribution in [0.2, 0.25) is 5.02 Å². The molecule has 1 N–H and O–H groups in total. The fourth-order valence-corrected chi connectivity index (χ4v) is 3.08. The highest BCUT2D eigenvalue weighted by Gasteiger charge is 2.18. The molecule has 2 rings (SSSR count). The van der Waals surface area contributed by atoms with E-state index in [1.807, 2.05) is 11.6 Å². The van der Waals surface area contributed by atoms with Gasteiger partial charge in [-0.2, -0.15) is 0 Å². The van der Waals surface area contributed by atoms with Gasteiger partial charge in [0.15, 0.2) is 0 Å². The Morgan fingerprint density at radius 1 is 1.28 bits per heavy atom. The number of nitrogens with zero attached hydrogens (tertiary/aromatic N) is 2. The van der Waals surface area contributed by atoms with E-state index in [1.54, 1.807) is 19.2 Å². The summed E-state index contributed by atoms with van der Waals surface area (Å²) < 4.78 is 7.08. The van der Waals surface area contributed by atoms with E-state index in [0.29, 0.717) is 28.2 Å². The molecular formula is C19H28ClN3O2. The summed E-state index contributed by atoms with van der Waals surface area (Å²) in [5, 5.41) is 4.11. The van der Waals surface area contributed by atoms with Gasteiger partial charge in [0, 0.05) is 19.0 Å². The van der Waals surface area contributed by atoms with Crippen LogP contribution in [0.4, 0.5) is 0 Å². The molecule has 0 aliphatic carbocycles. The lowest BCUT2D eigenvalue weighted by molar-refractivity contribution is 0.330. The number of ether oxygens (including phenoxy) is 1. The van der Waals surface area contributed by atoms with Crippen molar-refractivity contribution in [2.45, 2.75) is 46.6 Å². The fourth-order valence-electron chi connectivity index (χ4n) is 2.84. The van der Waals surface area contributed by atoms with Crippen molar-refractivity contribution in [2.75, 3.05) is 20.7 Å². The molecule has 0 aliphatic rings. The maximum atomic E-state index is 13.1. The van der Waals surface area contributed by atoms with Gasteiger partial charge in [-0.3, -0.25) is 9.36 Å². The van der Waals surface area contributed by atoms with E-state index in [9.17, 15) is 4.79 Å². The van der Waals surface area contributed by atoms with Crippen LogP contribution in [0.15, 0.2) is 16.9 Å². The number of nitrogens with one attached hydrogen (secondary N) is 1. The van der Waals surface area contributed by atoms with Crippen LogP contribution in [0, 0.1) is 5.41 Å². The zero-order valence-electron chi connectivity index (χ0n) is 15.8. The average molecular weight is 366 g/mol. The Kier molecular flexibility index (Phi) is 6.47. The number of fused-ring (bicyclic) bond motifs is 1. The van der Waals surface area contributed by atoms with Gasteiger partial charge in [0.25, 0.3) is 5.56 Å². The SMILES string of the molecule is CNCCCCc1nc2cc(OC)c(Cl)cc2c(=O)n1CC(C)(C)C. The van der Waals surface area contributed by atoms with Gasteiger partial charge in [-0.05, 0) is 37.9 Å². The predicted octanol–water partition coefficient (Wildman–Crippen LogP) is 3.65. The summed E-state index contributed by atoms with van der Waals surface area (Å²) in [7, 11) is 3.51. The number of methoxy groups -OCH3 is 1. The smallest absolute Gasteiger partial charge is 0.261 e. The van der Waals surface area contributed by atoms with Crippen molar-refractivity contribution in [2.24, 2.45) is 5.41 Å². The molecule has 0 unspecified atom stereocenters. The van der Waals surface area contributed by atoms with Crippen molar-refractivity contribution in [1.82, 2.24) is 14.9 Å². The summed E-state index contributed by atoms with van der Waals surface area (Å²) in [4.78, 5) is 17.9. The minimum atomic E-state index is -0.0342. The van der Waals surface area contributed by atoms with Gasteiger partial charge in [-0.25, -0.2) is 4.98 Å².